The van der Waals surface area contributed by atoms with E-state index >= 15 is 0 Å². The van der Waals surface area contributed by atoms with Gasteiger partial charge in [0.25, 0.3) is 0 Å². The van der Waals surface area contributed by atoms with Crippen LogP contribution in [0.3, 0.4) is 0 Å². The van der Waals surface area contributed by atoms with E-state index in [0.29, 0.717) is 30.6 Å². The van der Waals surface area contributed by atoms with Crippen LogP contribution in [0.25, 0.3) is 0 Å². The molecule has 3 rings (SSSR count). The number of ether oxygens (including phenoxy) is 3. The molecular formula is C29H47NO5. The Kier molecular flexibility index (Phi) is 8.91. The second-order valence-corrected chi connectivity index (χ2v) is 12.0. The number of amides is 1. The highest BCUT2D eigenvalue weighted by molar-refractivity contribution is 5.76. The summed E-state index contributed by atoms with van der Waals surface area (Å²) in [7, 11) is 1.66. The van der Waals surface area contributed by atoms with E-state index in [0.717, 1.165) is 25.7 Å². The Hall–Kier alpha value is -1.66. The smallest absolute Gasteiger partial charge is 0.311 e. The Morgan fingerprint density at radius 3 is 2.49 bits per heavy atom. The van der Waals surface area contributed by atoms with Crippen molar-refractivity contribution in [3.8, 4) is 0 Å². The van der Waals surface area contributed by atoms with Crippen molar-refractivity contribution in [2.75, 3.05) is 7.05 Å². The maximum atomic E-state index is 13.0. The predicted octanol–water partition coefficient (Wildman–Crippen LogP) is 5.57. The zero-order valence-electron chi connectivity index (χ0n) is 23.1. The van der Waals surface area contributed by atoms with Crippen molar-refractivity contribution in [1.82, 2.24) is 5.32 Å². The largest absolute Gasteiger partial charge is 0.461 e. The van der Waals surface area contributed by atoms with Crippen LogP contribution in [0.2, 0.25) is 0 Å². The minimum absolute atomic E-state index is 0.0109. The highest BCUT2D eigenvalue weighted by atomic mass is 16.7. The number of carbonyl (C=O) groups excluding carboxylic acids is 2. The Morgan fingerprint density at radius 1 is 1.14 bits per heavy atom. The van der Waals surface area contributed by atoms with Crippen LogP contribution in [-0.2, 0) is 23.8 Å². The van der Waals surface area contributed by atoms with Crippen molar-refractivity contribution in [2.45, 2.75) is 111 Å². The fraction of sp³-hybridized carbons (Fsp3) is 0.793. The molecule has 0 bridgehead atoms. The number of nitrogens with one attached hydrogen (secondary N) is 1. The Bertz CT molecular complexity index is 829. The average Bonchev–Trinajstić information content (AvgIpc) is 2.77. The van der Waals surface area contributed by atoms with E-state index in [1.807, 2.05) is 34.6 Å². The van der Waals surface area contributed by atoms with Crippen LogP contribution in [0, 0.1) is 29.1 Å². The summed E-state index contributed by atoms with van der Waals surface area (Å²) in [5.41, 5.74) is 0.835. The summed E-state index contributed by atoms with van der Waals surface area (Å²) in [6, 6.07) is 0. The van der Waals surface area contributed by atoms with E-state index in [2.05, 4.69) is 37.4 Å². The quantitative estimate of drug-likeness (QED) is 0.452. The van der Waals surface area contributed by atoms with Gasteiger partial charge in [0.2, 0.25) is 5.91 Å². The maximum Gasteiger partial charge on any atom is 0.311 e. The highest BCUT2D eigenvalue weighted by Crippen LogP contribution is 2.46. The number of allylic oxidation sites excluding steroid dienone is 3. The molecule has 1 N–H and O–H groups in total. The molecule has 0 spiro atoms. The van der Waals surface area contributed by atoms with Crippen molar-refractivity contribution >= 4 is 11.9 Å². The second kappa shape index (κ2) is 11.2. The monoisotopic (exact) mass is 489 g/mol. The second-order valence-electron chi connectivity index (χ2n) is 12.0. The average molecular weight is 490 g/mol. The molecule has 35 heavy (non-hydrogen) atoms. The lowest BCUT2D eigenvalue weighted by Gasteiger charge is -2.45. The molecule has 1 aliphatic heterocycles. The molecule has 5 unspecified atom stereocenters. The number of fused-ring (bicyclic) bond motifs is 1. The molecule has 6 nitrogen and oxygen atoms in total. The number of carbonyl (C=O) groups is 2. The molecule has 0 aromatic heterocycles. The lowest BCUT2D eigenvalue weighted by Crippen LogP contribution is -2.46. The Morgan fingerprint density at radius 2 is 1.83 bits per heavy atom. The maximum absolute atomic E-state index is 13.0. The number of rotatable bonds is 8. The molecular weight excluding hydrogens is 442 g/mol. The minimum Gasteiger partial charge on any atom is -0.461 e. The minimum atomic E-state index is -0.713. The molecule has 6 heteroatoms. The van der Waals surface area contributed by atoms with Crippen molar-refractivity contribution in [2.24, 2.45) is 29.1 Å². The molecule has 1 fully saturated rings. The fourth-order valence-electron chi connectivity index (χ4n) is 5.87. The van der Waals surface area contributed by atoms with Crippen LogP contribution in [0.4, 0.5) is 0 Å². The molecule has 1 saturated heterocycles. The molecule has 0 aromatic carbocycles. The van der Waals surface area contributed by atoms with E-state index in [-0.39, 0.29) is 36.1 Å². The third-order valence-corrected chi connectivity index (χ3v) is 8.23. The van der Waals surface area contributed by atoms with Gasteiger partial charge in [-0.15, -0.1) is 0 Å². The Balaban J connectivity index is 1.74. The van der Waals surface area contributed by atoms with Gasteiger partial charge in [-0.3, -0.25) is 9.59 Å². The molecule has 7 atom stereocenters. The third-order valence-electron chi connectivity index (χ3n) is 8.23. The van der Waals surface area contributed by atoms with Gasteiger partial charge in [-0.25, -0.2) is 0 Å². The molecule has 1 amide bonds. The van der Waals surface area contributed by atoms with Crippen LogP contribution in [0.5, 0.6) is 0 Å². The first-order valence-electron chi connectivity index (χ1n) is 13.5. The zero-order chi connectivity index (χ0) is 26.0. The van der Waals surface area contributed by atoms with Crippen molar-refractivity contribution in [3.05, 3.63) is 23.8 Å². The van der Waals surface area contributed by atoms with E-state index in [4.69, 9.17) is 14.2 Å². The van der Waals surface area contributed by atoms with Crippen LogP contribution in [0.1, 0.15) is 87.0 Å². The SMILES string of the molecule is CCC(C)(C)C(=O)OC1C[C@@H](C)C=C2C=CC(C)[C@H](CCC3CC(CC(=O)NC)OC(C)(C)O3)C21. The van der Waals surface area contributed by atoms with Gasteiger partial charge in [-0.1, -0.05) is 39.0 Å². The number of hydrogen-bond donors (Lipinski definition) is 1. The third kappa shape index (κ3) is 6.97. The lowest BCUT2D eigenvalue weighted by molar-refractivity contribution is -0.300. The summed E-state index contributed by atoms with van der Waals surface area (Å²) in [5.74, 6) is 0.530. The lowest BCUT2D eigenvalue weighted by atomic mass is 9.65. The number of esters is 1. The summed E-state index contributed by atoms with van der Waals surface area (Å²) >= 11 is 0. The van der Waals surface area contributed by atoms with Gasteiger partial charge in [-0.2, -0.15) is 0 Å². The molecule has 0 saturated carbocycles. The first-order chi connectivity index (χ1) is 16.3. The van der Waals surface area contributed by atoms with Crippen LogP contribution < -0.4 is 5.32 Å². The summed E-state index contributed by atoms with van der Waals surface area (Å²) in [5, 5.41) is 2.70. The molecule has 198 valence electrons. The predicted molar refractivity (Wildman–Crippen MR) is 137 cm³/mol. The first kappa shape index (κ1) is 27.9. The zero-order valence-corrected chi connectivity index (χ0v) is 23.1. The number of hydrogen-bond acceptors (Lipinski definition) is 5. The van der Waals surface area contributed by atoms with Gasteiger partial charge >= 0.3 is 5.97 Å². The summed E-state index contributed by atoms with van der Waals surface area (Å²) in [4.78, 5) is 25.0. The van der Waals surface area contributed by atoms with E-state index in [1.165, 1.54) is 5.57 Å². The van der Waals surface area contributed by atoms with Crippen LogP contribution >= 0.6 is 0 Å². The van der Waals surface area contributed by atoms with Crippen molar-refractivity contribution < 1.29 is 23.8 Å². The molecule has 1 heterocycles. The van der Waals surface area contributed by atoms with Gasteiger partial charge in [-0.05, 0) is 76.7 Å². The van der Waals surface area contributed by atoms with E-state index in [1.54, 1.807) is 7.05 Å². The molecule has 2 aliphatic carbocycles. The normalized spacial score (nSPS) is 34.5. The summed E-state index contributed by atoms with van der Waals surface area (Å²) in [6.07, 6.45) is 11.2. The van der Waals surface area contributed by atoms with Crippen LogP contribution in [-0.4, -0.2) is 43.0 Å². The fourth-order valence-corrected chi connectivity index (χ4v) is 5.87. The topological polar surface area (TPSA) is 73.9 Å². The van der Waals surface area contributed by atoms with Crippen molar-refractivity contribution in [3.63, 3.8) is 0 Å². The summed E-state index contributed by atoms with van der Waals surface area (Å²) in [6.45, 7) is 14.3. The molecule has 3 aliphatic rings. The van der Waals surface area contributed by atoms with Crippen molar-refractivity contribution in [1.29, 1.82) is 0 Å². The van der Waals surface area contributed by atoms with E-state index in [9.17, 15) is 9.59 Å². The molecule has 0 radical (unpaired) electrons. The Labute approximate surface area is 212 Å². The van der Waals surface area contributed by atoms with E-state index < -0.39 is 11.2 Å². The van der Waals surface area contributed by atoms with Gasteiger partial charge in [0.05, 0.1) is 24.0 Å². The van der Waals surface area contributed by atoms with Gasteiger partial charge in [0, 0.05) is 19.4 Å². The first-order valence-corrected chi connectivity index (χ1v) is 13.5. The standard InChI is InChI=1S/C29H47NO5/c1-9-28(4,5)27(32)33-24-15-18(2)14-20-11-10-19(3)23(26(20)24)13-12-21-16-22(17-25(31)30-8)35-29(6,7)34-21/h10-11,14,18-19,21-24,26H,9,12-13,15-17H2,1-8H3,(H,30,31)/t18-,19?,21?,22?,23-,24?,26?/m0/s1. The summed E-state index contributed by atoms with van der Waals surface area (Å²) < 4.78 is 18.6. The van der Waals surface area contributed by atoms with Gasteiger partial charge < -0.3 is 19.5 Å². The van der Waals surface area contributed by atoms with Crippen LogP contribution in [0.15, 0.2) is 23.8 Å². The van der Waals surface area contributed by atoms with Gasteiger partial charge in [0.1, 0.15) is 6.10 Å². The molecule has 0 aromatic rings. The van der Waals surface area contributed by atoms with Gasteiger partial charge in [0.15, 0.2) is 5.79 Å². The highest BCUT2D eigenvalue weighted by Gasteiger charge is 2.44.